The molecule has 0 aliphatic carbocycles. The van der Waals surface area contributed by atoms with E-state index in [-0.39, 0.29) is 11.9 Å². The average Bonchev–Trinajstić information content (AvgIpc) is 2.72. The number of benzene rings is 1. The Labute approximate surface area is 135 Å². The van der Waals surface area contributed by atoms with Gasteiger partial charge in [0.1, 0.15) is 6.04 Å². The summed E-state index contributed by atoms with van der Waals surface area (Å²) in [5.74, 6) is -0.0434. The minimum absolute atomic E-state index is 0.0434. The van der Waals surface area contributed by atoms with E-state index in [2.05, 4.69) is 10.4 Å². The number of quaternary nitrogens is 1. The van der Waals surface area contributed by atoms with Gasteiger partial charge in [-0.05, 0) is 26.8 Å². The molecule has 5 nitrogen and oxygen atoms in total. The van der Waals surface area contributed by atoms with Gasteiger partial charge < -0.3 is 10.6 Å². The Morgan fingerprint density at radius 2 is 2.09 bits per heavy atom. The summed E-state index contributed by atoms with van der Waals surface area (Å²) >= 11 is 6.18. The number of hydrogen-bond acceptors (Lipinski definition) is 2. The molecule has 2 rings (SSSR count). The Morgan fingerprint density at radius 3 is 2.68 bits per heavy atom. The van der Waals surface area contributed by atoms with E-state index in [0.29, 0.717) is 6.54 Å². The van der Waals surface area contributed by atoms with Crippen LogP contribution < -0.4 is 10.6 Å². The molecule has 22 heavy (non-hydrogen) atoms. The standard InChI is InChI=1S/C16H21ClN4O/c1-10(13-7-5-6-8-14(13)17)18-9-15(22)19-16-11(2)20-21(4)12(16)3/h5-8,10,18H,9H2,1-4H3,(H,19,22)/p+1/t10-/m0/s1. The zero-order chi connectivity index (χ0) is 16.3. The molecule has 0 bridgehead atoms. The Balaban J connectivity index is 1.94. The summed E-state index contributed by atoms with van der Waals surface area (Å²) in [6.07, 6.45) is 0. The second-order valence-corrected chi connectivity index (χ2v) is 5.87. The molecule has 0 aliphatic rings. The number of nitrogens with two attached hydrogens (primary N) is 1. The molecule has 0 saturated carbocycles. The molecular formula is C16H22ClN4O+. The van der Waals surface area contributed by atoms with Gasteiger partial charge in [-0.3, -0.25) is 9.48 Å². The Bertz CT molecular complexity index is 681. The largest absolute Gasteiger partial charge is 0.332 e. The van der Waals surface area contributed by atoms with Crippen molar-refractivity contribution in [1.82, 2.24) is 9.78 Å². The number of nitrogens with one attached hydrogen (secondary N) is 1. The summed E-state index contributed by atoms with van der Waals surface area (Å²) in [5, 5.41) is 9.92. The van der Waals surface area contributed by atoms with E-state index >= 15 is 0 Å². The second kappa shape index (κ2) is 6.94. The van der Waals surface area contributed by atoms with Crippen LogP contribution in [0.1, 0.15) is 29.9 Å². The van der Waals surface area contributed by atoms with Crippen molar-refractivity contribution in [3.05, 3.63) is 46.2 Å². The highest BCUT2D eigenvalue weighted by Gasteiger charge is 2.16. The van der Waals surface area contributed by atoms with Crippen LogP contribution in [0.4, 0.5) is 5.69 Å². The number of anilines is 1. The van der Waals surface area contributed by atoms with Crippen LogP contribution in [0.5, 0.6) is 0 Å². The summed E-state index contributed by atoms with van der Waals surface area (Å²) in [5.41, 5.74) is 3.61. The third-order valence-corrected chi connectivity index (χ3v) is 4.17. The number of nitrogens with zero attached hydrogens (tertiary/aromatic N) is 2. The molecule has 2 aromatic rings. The van der Waals surface area contributed by atoms with E-state index in [9.17, 15) is 4.79 Å². The van der Waals surface area contributed by atoms with Gasteiger partial charge in [0, 0.05) is 17.6 Å². The topological polar surface area (TPSA) is 63.5 Å². The van der Waals surface area contributed by atoms with Crippen molar-refractivity contribution < 1.29 is 10.1 Å². The molecule has 0 unspecified atom stereocenters. The number of hydrogen-bond donors (Lipinski definition) is 2. The molecule has 0 saturated heterocycles. The molecule has 1 atom stereocenters. The zero-order valence-electron chi connectivity index (χ0n) is 13.4. The van der Waals surface area contributed by atoms with Crippen molar-refractivity contribution >= 4 is 23.2 Å². The van der Waals surface area contributed by atoms with Crippen molar-refractivity contribution in [2.75, 3.05) is 11.9 Å². The molecule has 0 fully saturated rings. The summed E-state index contributed by atoms with van der Waals surface area (Å²) in [4.78, 5) is 12.1. The first-order valence-electron chi connectivity index (χ1n) is 7.28. The third kappa shape index (κ3) is 3.67. The monoisotopic (exact) mass is 321 g/mol. The first-order valence-corrected chi connectivity index (χ1v) is 7.65. The number of carbonyl (C=O) groups is 1. The number of amides is 1. The fourth-order valence-corrected chi connectivity index (χ4v) is 2.71. The minimum Gasteiger partial charge on any atom is -0.332 e. The van der Waals surface area contributed by atoms with Crippen LogP contribution in [0.25, 0.3) is 0 Å². The Morgan fingerprint density at radius 1 is 1.41 bits per heavy atom. The highest BCUT2D eigenvalue weighted by atomic mass is 35.5. The number of aromatic nitrogens is 2. The predicted molar refractivity (Wildman–Crippen MR) is 88.0 cm³/mol. The lowest BCUT2D eigenvalue weighted by Gasteiger charge is -2.12. The zero-order valence-corrected chi connectivity index (χ0v) is 14.1. The highest BCUT2D eigenvalue weighted by molar-refractivity contribution is 6.31. The fraction of sp³-hybridized carbons (Fsp3) is 0.375. The van der Waals surface area contributed by atoms with Gasteiger partial charge in [0.2, 0.25) is 0 Å². The Kier molecular flexibility index (Phi) is 5.21. The maximum Gasteiger partial charge on any atom is 0.279 e. The maximum absolute atomic E-state index is 12.1. The summed E-state index contributed by atoms with van der Waals surface area (Å²) in [7, 11) is 1.86. The molecule has 6 heteroatoms. The average molecular weight is 322 g/mol. The molecule has 0 spiro atoms. The molecule has 0 aliphatic heterocycles. The van der Waals surface area contributed by atoms with Gasteiger partial charge in [-0.2, -0.15) is 5.10 Å². The van der Waals surface area contributed by atoms with Crippen LogP contribution in [-0.4, -0.2) is 22.2 Å². The lowest BCUT2D eigenvalue weighted by atomic mass is 10.1. The van der Waals surface area contributed by atoms with Gasteiger partial charge in [-0.1, -0.05) is 29.8 Å². The molecule has 1 heterocycles. The number of carbonyl (C=O) groups excluding carboxylic acids is 1. The molecule has 3 N–H and O–H groups in total. The minimum atomic E-state index is -0.0434. The fourth-order valence-electron chi connectivity index (χ4n) is 2.40. The number of aryl methyl sites for hydroxylation is 2. The molecular weight excluding hydrogens is 300 g/mol. The van der Waals surface area contributed by atoms with Crippen LogP contribution >= 0.6 is 11.6 Å². The first kappa shape index (κ1) is 16.5. The normalized spacial score (nSPS) is 12.2. The SMILES string of the molecule is Cc1nn(C)c(C)c1NC(=O)C[NH2+][C@@H](C)c1ccccc1Cl. The van der Waals surface area contributed by atoms with Gasteiger partial charge in [0.25, 0.3) is 5.91 Å². The van der Waals surface area contributed by atoms with E-state index in [1.165, 1.54) is 0 Å². The third-order valence-electron chi connectivity index (χ3n) is 3.83. The highest BCUT2D eigenvalue weighted by Crippen LogP contribution is 2.20. The van der Waals surface area contributed by atoms with E-state index in [1.807, 2.05) is 57.4 Å². The molecule has 1 aromatic carbocycles. The van der Waals surface area contributed by atoms with Crippen molar-refractivity contribution in [3.63, 3.8) is 0 Å². The van der Waals surface area contributed by atoms with Crippen LogP contribution in [0.2, 0.25) is 5.02 Å². The molecule has 0 radical (unpaired) electrons. The lowest BCUT2D eigenvalue weighted by molar-refractivity contribution is -0.682. The Hall–Kier alpha value is -1.85. The van der Waals surface area contributed by atoms with Crippen LogP contribution in [0.3, 0.4) is 0 Å². The quantitative estimate of drug-likeness (QED) is 0.884. The first-order chi connectivity index (χ1) is 10.4. The summed E-state index contributed by atoms with van der Waals surface area (Å²) < 4.78 is 1.76. The van der Waals surface area contributed by atoms with Gasteiger partial charge in [-0.25, -0.2) is 0 Å². The van der Waals surface area contributed by atoms with Crippen LogP contribution in [-0.2, 0) is 11.8 Å². The number of rotatable bonds is 5. The molecule has 118 valence electrons. The maximum atomic E-state index is 12.1. The second-order valence-electron chi connectivity index (χ2n) is 5.47. The van der Waals surface area contributed by atoms with Crippen LogP contribution in [0, 0.1) is 13.8 Å². The van der Waals surface area contributed by atoms with Crippen LogP contribution in [0.15, 0.2) is 24.3 Å². The van der Waals surface area contributed by atoms with Crippen molar-refractivity contribution in [2.45, 2.75) is 26.8 Å². The van der Waals surface area contributed by atoms with Gasteiger partial charge >= 0.3 is 0 Å². The smallest absolute Gasteiger partial charge is 0.279 e. The van der Waals surface area contributed by atoms with E-state index in [4.69, 9.17) is 11.6 Å². The predicted octanol–water partition coefficient (Wildman–Crippen LogP) is 1.95. The van der Waals surface area contributed by atoms with Crippen molar-refractivity contribution in [2.24, 2.45) is 7.05 Å². The summed E-state index contributed by atoms with van der Waals surface area (Å²) in [6.45, 7) is 6.19. The summed E-state index contributed by atoms with van der Waals surface area (Å²) in [6, 6.07) is 7.82. The van der Waals surface area contributed by atoms with Gasteiger partial charge in [0.15, 0.2) is 6.54 Å². The van der Waals surface area contributed by atoms with Gasteiger partial charge in [0.05, 0.1) is 17.1 Å². The molecule has 1 aromatic heterocycles. The lowest BCUT2D eigenvalue weighted by Crippen LogP contribution is -2.86. The van der Waals surface area contributed by atoms with Gasteiger partial charge in [-0.15, -0.1) is 0 Å². The number of halogens is 1. The van der Waals surface area contributed by atoms with Crippen molar-refractivity contribution in [1.29, 1.82) is 0 Å². The molecule has 1 amide bonds. The van der Waals surface area contributed by atoms with E-state index in [0.717, 1.165) is 27.7 Å². The van der Waals surface area contributed by atoms with Crippen molar-refractivity contribution in [3.8, 4) is 0 Å². The van der Waals surface area contributed by atoms with E-state index in [1.54, 1.807) is 4.68 Å². The van der Waals surface area contributed by atoms with E-state index < -0.39 is 0 Å².